The summed E-state index contributed by atoms with van der Waals surface area (Å²) < 4.78 is 0. The van der Waals surface area contributed by atoms with Crippen LogP contribution in [0.5, 0.6) is 0 Å². The first-order valence-electron chi connectivity index (χ1n) is 5.83. The Kier molecular flexibility index (Phi) is 5.29. The van der Waals surface area contributed by atoms with Crippen molar-refractivity contribution in [2.75, 3.05) is 24.5 Å². The normalized spacial score (nSPS) is 12.5. The first-order valence-corrected chi connectivity index (χ1v) is 5.83. The molecule has 3 N–H and O–H groups in total. The van der Waals surface area contributed by atoms with Gasteiger partial charge in [0.1, 0.15) is 0 Å². The Labute approximate surface area is 97.9 Å². The fourth-order valence-corrected chi connectivity index (χ4v) is 1.75. The van der Waals surface area contributed by atoms with Gasteiger partial charge < -0.3 is 15.7 Å². The number of aliphatic hydroxyl groups is 1. The molecule has 1 unspecified atom stereocenters. The van der Waals surface area contributed by atoms with E-state index in [4.69, 9.17) is 5.73 Å². The highest BCUT2D eigenvalue weighted by Crippen LogP contribution is 2.16. The van der Waals surface area contributed by atoms with Gasteiger partial charge >= 0.3 is 0 Å². The highest BCUT2D eigenvalue weighted by Gasteiger charge is 2.08. The Balaban J connectivity index is 2.74. The molecule has 1 aromatic rings. The summed E-state index contributed by atoms with van der Waals surface area (Å²) in [6, 6.07) is 8.33. The smallest absolute Gasteiger partial charge is 0.0687 e. The van der Waals surface area contributed by atoms with Crippen LogP contribution >= 0.6 is 0 Å². The molecule has 0 radical (unpaired) electrons. The molecule has 16 heavy (non-hydrogen) atoms. The number of aryl methyl sites for hydroxylation is 1. The van der Waals surface area contributed by atoms with E-state index in [-0.39, 0.29) is 6.10 Å². The van der Waals surface area contributed by atoms with Gasteiger partial charge in [0.2, 0.25) is 0 Å². The summed E-state index contributed by atoms with van der Waals surface area (Å²) in [4.78, 5) is 2.19. The van der Waals surface area contributed by atoms with Gasteiger partial charge in [0, 0.05) is 18.8 Å². The zero-order valence-electron chi connectivity index (χ0n) is 10.2. The SMILES string of the molecule is Cc1cccc(N(CCCN)CC(C)O)c1. The Morgan fingerprint density at radius 2 is 2.19 bits per heavy atom. The first kappa shape index (κ1) is 13.0. The molecule has 1 atom stereocenters. The third-order valence-corrected chi connectivity index (χ3v) is 2.48. The zero-order chi connectivity index (χ0) is 12.0. The summed E-state index contributed by atoms with van der Waals surface area (Å²) in [5, 5.41) is 9.48. The van der Waals surface area contributed by atoms with Gasteiger partial charge in [0.05, 0.1) is 6.10 Å². The predicted octanol–water partition coefficient (Wildman–Crippen LogP) is 1.53. The maximum absolute atomic E-state index is 9.48. The number of nitrogens with zero attached hydrogens (tertiary/aromatic N) is 1. The maximum atomic E-state index is 9.48. The summed E-state index contributed by atoms with van der Waals surface area (Å²) in [6.45, 7) is 6.12. The summed E-state index contributed by atoms with van der Waals surface area (Å²) in [7, 11) is 0. The summed E-state index contributed by atoms with van der Waals surface area (Å²) in [6.07, 6.45) is 0.624. The predicted molar refractivity (Wildman–Crippen MR) is 68.7 cm³/mol. The number of rotatable bonds is 6. The minimum Gasteiger partial charge on any atom is -0.392 e. The summed E-state index contributed by atoms with van der Waals surface area (Å²) in [5.74, 6) is 0. The minimum absolute atomic E-state index is 0.321. The van der Waals surface area contributed by atoms with Crippen LogP contribution in [0.2, 0.25) is 0 Å². The number of hydrogen-bond acceptors (Lipinski definition) is 3. The second-order valence-electron chi connectivity index (χ2n) is 4.28. The Morgan fingerprint density at radius 1 is 1.44 bits per heavy atom. The van der Waals surface area contributed by atoms with E-state index in [9.17, 15) is 5.11 Å². The monoisotopic (exact) mass is 222 g/mol. The van der Waals surface area contributed by atoms with Crippen molar-refractivity contribution >= 4 is 5.69 Å². The Hall–Kier alpha value is -1.06. The molecule has 0 amide bonds. The van der Waals surface area contributed by atoms with Crippen molar-refractivity contribution in [2.24, 2.45) is 5.73 Å². The molecule has 0 saturated carbocycles. The van der Waals surface area contributed by atoms with E-state index in [1.165, 1.54) is 5.56 Å². The highest BCUT2D eigenvalue weighted by atomic mass is 16.3. The van der Waals surface area contributed by atoms with Crippen LogP contribution in [0.4, 0.5) is 5.69 Å². The molecule has 1 rings (SSSR count). The lowest BCUT2D eigenvalue weighted by atomic mass is 10.2. The van der Waals surface area contributed by atoms with Crippen molar-refractivity contribution in [3.63, 3.8) is 0 Å². The van der Waals surface area contributed by atoms with Crippen molar-refractivity contribution in [1.82, 2.24) is 0 Å². The molecule has 0 aliphatic heterocycles. The van der Waals surface area contributed by atoms with Crippen LogP contribution in [0.3, 0.4) is 0 Å². The lowest BCUT2D eigenvalue weighted by Gasteiger charge is -2.26. The number of aliphatic hydroxyl groups excluding tert-OH is 1. The van der Waals surface area contributed by atoms with Crippen molar-refractivity contribution < 1.29 is 5.11 Å². The largest absolute Gasteiger partial charge is 0.392 e. The van der Waals surface area contributed by atoms with E-state index in [0.717, 1.165) is 18.7 Å². The van der Waals surface area contributed by atoms with Gasteiger partial charge in [-0.25, -0.2) is 0 Å². The van der Waals surface area contributed by atoms with Crippen molar-refractivity contribution in [3.8, 4) is 0 Å². The summed E-state index contributed by atoms with van der Waals surface area (Å²) in [5.41, 5.74) is 7.92. The molecule has 0 aromatic heterocycles. The molecular weight excluding hydrogens is 200 g/mol. The fourth-order valence-electron chi connectivity index (χ4n) is 1.75. The Bertz CT molecular complexity index is 313. The second-order valence-corrected chi connectivity index (χ2v) is 4.28. The molecule has 3 heteroatoms. The fraction of sp³-hybridized carbons (Fsp3) is 0.538. The van der Waals surface area contributed by atoms with Gasteiger partial charge in [0.15, 0.2) is 0 Å². The lowest BCUT2D eigenvalue weighted by molar-refractivity contribution is 0.200. The molecular formula is C13H22N2O. The minimum atomic E-state index is -0.321. The van der Waals surface area contributed by atoms with Crippen LogP contribution in [-0.2, 0) is 0 Å². The molecule has 3 nitrogen and oxygen atoms in total. The molecule has 0 bridgehead atoms. The van der Waals surface area contributed by atoms with E-state index in [1.807, 2.05) is 13.0 Å². The van der Waals surface area contributed by atoms with Crippen molar-refractivity contribution in [2.45, 2.75) is 26.4 Å². The Morgan fingerprint density at radius 3 is 2.75 bits per heavy atom. The number of nitrogens with two attached hydrogens (primary N) is 1. The molecule has 0 saturated heterocycles. The molecule has 0 aliphatic carbocycles. The average Bonchev–Trinajstić information content (AvgIpc) is 2.23. The second kappa shape index (κ2) is 6.51. The quantitative estimate of drug-likeness (QED) is 0.767. The van der Waals surface area contributed by atoms with E-state index < -0.39 is 0 Å². The standard InChI is InChI=1S/C13H22N2O/c1-11-5-3-6-13(9-11)15(8-4-7-14)10-12(2)16/h3,5-6,9,12,16H,4,7-8,10,14H2,1-2H3. The third kappa shape index (κ3) is 4.21. The van der Waals surface area contributed by atoms with Gasteiger partial charge in [-0.2, -0.15) is 0 Å². The number of hydrogen-bond donors (Lipinski definition) is 2. The van der Waals surface area contributed by atoms with E-state index in [1.54, 1.807) is 0 Å². The van der Waals surface area contributed by atoms with E-state index >= 15 is 0 Å². The number of anilines is 1. The van der Waals surface area contributed by atoms with Crippen LogP contribution in [0.15, 0.2) is 24.3 Å². The van der Waals surface area contributed by atoms with Gasteiger partial charge in [0.25, 0.3) is 0 Å². The van der Waals surface area contributed by atoms with Gasteiger partial charge in [-0.15, -0.1) is 0 Å². The van der Waals surface area contributed by atoms with Crippen molar-refractivity contribution in [3.05, 3.63) is 29.8 Å². The van der Waals surface area contributed by atoms with E-state index in [0.29, 0.717) is 13.1 Å². The van der Waals surface area contributed by atoms with Crippen molar-refractivity contribution in [1.29, 1.82) is 0 Å². The molecule has 0 spiro atoms. The van der Waals surface area contributed by atoms with Crippen LogP contribution in [0.1, 0.15) is 18.9 Å². The zero-order valence-corrected chi connectivity index (χ0v) is 10.2. The number of benzene rings is 1. The summed E-state index contributed by atoms with van der Waals surface area (Å²) >= 11 is 0. The molecule has 1 aromatic carbocycles. The van der Waals surface area contributed by atoms with Crippen LogP contribution in [0.25, 0.3) is 0 Å². The average molecular weight is 222 g/mol. The topological polar surface area (TPSA) is 49.5 Å². The molecule has 0 heterocycles. The lowest BCUT2D eigenvalue weighted by Crippen LogP contribution is -2.32. The third-order valence-electron chi connectivity index (χ3n) is 2.48. The molecule has 90 valence electrons. The molecule has 0 fully saturated rings. The van der Waals surface area contributed by atoms with Crippen LogP contribution in [0, 0.1) is 6.92 Å². The van der Waals surface area contributed by atoms with Crippen LogP contribution in [-0.4, -0.2) is 30.8 Å². The van der Waals surface area contributed by atoms with E-state index in [2.05, 4.69) is 30.0 Å². The maximum Gasteiger partial charge on any atom is 0.0687 e. The molecule has 0 aliphatic rings. The first-order chi connectivity index (χ1) is 7.63. The van der Waals surface area contributed by atoms with Gasteiger partial charge in [-0.1, -0.05) is 12.1 Å². The van der Waals surface area contributed by atoms with Crippen LogP contribution < -0.4 is 10.6 Å². The highest BCUT2D eigenvalue weighted by molar-refractivity contribution is 5.48. The van der Waals surface area contributed by atoms with Gasteiger partial charge in [-0.3, -0.25) is 0 Å². The van der Waals surface area contributed by atoms with Gasteiger partial charge in [-0.05, 0) is 44.5 Å².